The third-order valence-corrected chi connectivity index (χ3v) is 5.50. The van der Waals surface area contributed by atoms with E-state index in [2.05, 4.69) is 46.5 Å². The van der Waals surface area contributed by atoms with Crippen LogP contribution in [0.2, 0.25) is 0 Å². The van der Waals surface area contributed by atoms with E-state index >= 15 is 0 Å². The van der Waals surface area contributed by atoms with E-state index in [1.807, 2.05) is 35.9 Å². The van der Waals surface area contributed by atoms with E-state index < -0.39 is 0 Å². The first-order chi connectivity index (χ1) is 13.1. The van der Waals surface area contributed by atoms with Crippen LogP contribution in [0, 0.1) is 0 Å². The number of hydrogen-bond donors (Lipinski definition) is 1. The summed E-state index contributed by atoms with van der Waals surface area (Å²) in [6, 6.07) is 11.8. The zero-order valence-corrected chi connectivity index (χ0v) is 16.5. The van der Waals surface area contributed by atoms with Crippen LogP contribution in [0.5, 0.6) is 0 Å². The fraction of sp³-hybridized carbons (Fsp3) is 0.300. The molecule has 3 aromatic rings. The maximum atomic E-state index is 12.3. The number of amides is 1. The molecule has 1 N–H and O–H groups in total. The van der Waals surface area contributed by atoms with E-state index in [0.29, 0.717) is 11.1 Å². The summed E-state index contributed by atoms with van der Waals surface area (Å²) in [7, 11) is 1.89. The summed E-state index contributed by atoms with van der Waals surface area (Å²) in [4.78, 5) is 16.3. The van der Waals surface area contributed by atoms with E-state index in [1.54, 1.807) is 12.4 Å². The van der Waals surface area contributed by atoms with E-state index in [1.165, 1.54) is 17.3 Å². The van der Waals surface area contributed by atoms with Crippen molar-refractivity contribution in [3.63, 3.8) is 0 Å². The minimum Gasteiger partial charge on any atom is -0.325 e. The highest BCUT2D eigenvalue weighted by molar-refractivity contribution is 7.99. The van der Waals surface area contributed by atoms with Crippen molar-refractivity contribution in [1.29, 1.82) is 0 Å². The summed E-state index contributed by atoms with van der Waals surface area (Å²) in [6.07, 6.45) is 4.54. The minimum atomic E-state index is -0.0650. The SMILES string of the molecule is CC[C@@H](C)c1ccc(NC(=O)CSc2nnc(-c3ccncc3)n2C)cc1. The third kappa shape index (κ3) is 4.74. The number of nitrogens with one attached hydrogen (secondary N) is 1. The number of rotatable bonds is 7. The Hall–Kier alpha value is -2.67. The molecule has 2 heterocycles. The Labute approximate surface area is 163 Å². The molecule has 27 heavy (non-hydrogen) atoms. The van der Waals surface area contributed by atoms with Crippen molar-refractivity contribution in [3.8, 4) is 11.4 Å². The van der Waals surface area contributed by atoms with Gasteiger partial charge in [-0.1, -0.05) is 37.7 Å². The van der Waals surface area contributed by atoms with Crippen molar-refractivity contribution >= 4 is 23.4 Å². The highest BCUT2D eigenvalue weighted by Gasteiger charge is 2.13. The van der Waals surface area contributed by atoms with Gasteiger partial charge in [0.15, 0.2) is 11.0 Å². The predicted octanol–water partition coefficient (Wildman–Crippen LogP) is 4.12. The predicted molar refractivity (Wildman–Crippen MR) is 109 cm³/mol. The van der Waals surface area contributed by atoms with Crippen LogP contribution in [-0.4, -0.2) is 31.4 Å². The van der Waals surface area contributed by atoms with Gasteiger partial charge in [-0.3, -0.25) is 9.78 Å². The smallest absolute Gasteiger partial charge is 0.234 e. The van der Waals surface area contributed by atoms with Crippen molar-refractivity contribution in [2.75, 3.05) is 11.1 Å². The van der Waals surface area contributed by atoms with Crippen molar-refractivity contribution < 1.29 is 4.79 Å². The molecule has 3 rings (SSSR count). The molecule has 0 aliphatic heterocycles. The van der Waals surface area contributed by atoms with Crippen LogP contribution in [0.1, 0.15) is 31.7 Å². The van der Waals surface area contributed by atoms with E-state index in [4.69, 9.17) is 0 Å². The molecule has 1 aromatic carbocycles. The van der Waals surface area contributed by atoms with Crippen LogP contribution >= 0.6 is 11.8 Å². The molecule has 0 bridgehead atoms. The Morgan fingerprint density at radius 2 is 1.85 bits per heavy atom. The van der Waals surface area contributed by atoms with Gasteiger partial charge in [0.1, 0.15) is 0 Å². The molecule has 0 fully saturated rings. The summed E-state index contributed by atoms with van der Waals surface area (Å²) < 4.78 is 1.88. The number of hydrogen-bond acceptors (Lipinski definition) is 5. The van der Waals surface area contributed by atoms with Gasteiger partial charge in [-0.15, -0.1) is 10.2 Å². The number of anilines is 1. The molecular formula is C20H23N5OS. The minimum absolute atomic E-state index is 0.0650. The molecule has 2 aromatic heterocycles. The Kier molecular flexibility index (Phi) is 6.24. The number of nitrogens with zero attached hydrogens (tertiary/aromatic N) is 4. The van der Waals surface area contributed by atoms with Gasteiger partial charge in [0.2, 0.25) is 5.91 Å². The zero-order chi connectivity index (χ0) is 19.2. The van der Waals surface area contributed by atoms with Gasteiger partial charge in [0.05, 0.1) is 5.75 Å². The van der Waals surface area contributed by atoms with Gasteiger partial charge >= 0.3 is 0 Å². The first-order valence-electron chi connectivity index (χ1n) is 8.91. The Balaban J connectivity index is 1.57. The number of carbonyl (C=O) groups excluding carboxylic acids is 1. The number of benzene rings is 1. The van der Waals surface area contributed by atoms with Gasteiger partial charge in [-0.2, -0.15) is 0 Å². The highest BCUT2D eigenvalue weighted by Crippen LogP contribution is 2.23. The maximum Gasteiger partial charge on any atom is 0.234 e. The van der Waals surface area contributed by atoms with Gasteiger partial charge in [-0.05, 0) is 42.2 Å². The molecule has 0 radical (unpaired) electrons. The van der Waals surface area contributed by atoms with Gasteiger partial charge in [0, 0.05) is 30.7 Å². The van der Waals surface area contributed by atoms with Gasteiger partial charge in [0.25, 0.3) is 0 Å². The molecule has 0 saturated heterocycles. The molecular weight excluding hydrogens is 358 g/mol. The Morgan fingerprint density at radius 1 is 1.15 bits per heavy atom. The molecule has 0 unspecified atom stereocenters. The number of pyridine rings is 1. The number of aromatic nitrogens is 4. The molecule has 1 atom stereocenters. The first kappa shape index (κ1) is 19.1. The number of carbonyl (C=O) groups is 1. The summed E-state index contributed by atoms with van der Waals surface area (Å²) in [5.41, 5.74) is 3.04. The fourth-order valence-corrected chi connectivity index (χ4v) is 3.36. The second kappa shape index (κ2) is 8.81. The molecule has 7 heteroatoms. The Bertz CT molecular complexity index is 892. The van der Waals surface area contributed by atoms with E-state index in [9.17, 15) is 4.79 Å². The molecule has 140 valence electrons. The molecule has 0 aliphatic carbocycles. The molecule has 0 aliphatic rings. The van der Waals surface area contributed by atoms with Crippen molar-refractivity contribution in [3.05, 3.63) is 54.4 Å². The molecule has 0 saturated carbocycles. The second-order valence-electron chi connectivity index (χ2n) is 6.37. The lowest BCUT2D eigenvalue weighted by Gasteiger charge is -2.10. The van der Waals surface area contributed by atoms with Crippen LogP contribution in [0.25, 0.3) is 11.4 Å². The van der Waals surface area contributed by atoms with E-state index in [0.717, 1.165) is 23.5 Å². The fourth-order valence-electron chi connectivity index (χ4n) is 2.65. The number of thioether (sulfide) groups is 1. The Morgan fingerprint density at radius 3 is 2.52 bits per heavy atom. The second-order valence-corrected chi connectivity index (χ2v) is 7.31. The largest absolute Gasteiger partial charge is 0.325 e. The first-order valence-corrected chi connectivity index (χ1v) is 9.89. The quantitative estimate of drug-likeness (QED) is 0.623. The topological polar surface area (TPSA) is 72.7 Å². The van der Waals surface area contributed by atoms with Crippen molar-refractivity contribution in [2.24, 2.45) is 7.05 Å². The van der Waals surface area contributed by atoms with Crippen LogP contribution in [0.15, 0.2) is 53.9 Å². The van der Waals surface area contributed by atoms with Crippen LogP contribution in [0.4, 0.5) is 5.69 Å². The average Bonchev–Trinajstić information content (AvgIpc) is 3.07. The van der Waals surface area contributed by atoms with Crippen LogP contribution in [-0.2, 0) is 11.8 Å². The molecule has 1 amide bonds. The summed E-state index contributed by atoms with van der Waals surface area (Å²) >= 11 is 1.36. The van der Waals surface area contributed by atoms with E-state index in [-0.39, 0.29) is 11.7 Å². The normalized spacial score (nSPS) is 12.0. The monoisotopic (exact) mass is 381 g/mol. The van der Waals surface area contributed by atoms with Crippen molar-refractivity contribution in [2.45, 2.75) is 31.3 Å². The highest BCUT2D eigenvalue weighted by atomic mass is 32.2. The van der Waals surface area contributed by atoms with Gasteiger partial charge in [-0.25, -0.2) is 0 Å². The standard InChI is InChI=1S/C20H23N5OS/c1-4-14(2)15-5-7-17(8-6-15)22-18(26)13-27-20-24-23-19(25(20)3)16-9-11-21-12-10-16/h5-12,14H,4,13H2,1-3H3,(H,22,26)/t14-/m1/s1. The summed E-state index contributed by atoms with van der Waals surface area (Å²) in [5, 5.41) is 12.0. The lowest BCUT2D eigenvalue weighted by atomic mass is 9.99. The average molecular weight is 382 g/mol. The molecule has 6 nitrogen and oxygen atoms in total. The van der Waals surface area contributed by atoms with Crippen LogP contribution in [0.3, 0.4) is 0 Å². The summed E-state index contributed by atoms with van der Waals surface area (Å²) in [5.74, 6) is 1.48. The summed E-state index contributed by atoms with van der Waals surface area (Å²) in [6.45, 7) is 4.37. The van der Waals surface area contributed by atoms with Crippen molar-refractivity contribution in [1.82, 2.24) is 19.7 Å². The maximum absolute atomic E-state index is 12.3. The van der Waals surface area contributed by atoms with Gasteiger partial charge < -0.3 is 9.88 Å². The van der Waals surface area contributed by atoms with Crippen LogP contribution < -0.4 is 5.32 Å². The zero-order valence-electron chi connectivity index (χ0n) is 15.7. The third-order valence-electron chi connectivity index (χ3n) is 4.48. The lowest BCUT2D eigenvalue weighted by molar-refractivity contribution is -0.113. The lowest BCUT2D eigenvalue weighted by Crippen LogP contribution is -2.14. The molecule has 0 spiro atoms.